The molecule has 0 aromatic heterocycles. The number of rotatable bonds is 5. The fraction of sp³-hybridized carbons (Fsp3) is 0.238. The first kappa shape index (κ1) is 15.7. The van der Waals surface area contributed by atoms with E-state index in [1.54, 1.807) is 0 Å². The molecule has 0 amide bonds. The Balaban J connectivity index is 1.65. The second kappa shape index (κ2) is 6.95. The summed E-state index contributed by atoms with van der Waals surface area (Å²) in [6.07, 6.45) is -0.487. The van der Waals surface area contributed by atoms with Crippen molar-refractivity contribution in [1.82, 2.24) is 5.32 Å². The number of hydrogen-bond donors (Lipinski definition) is 2. The molecule has 23 heavy (non-hydrogen) atoms. The number of aryl methyl sites for hydroxylation is 1. The highest BCUT2D eigenvalue weighted by molar-refractivity contribution is 5.83. The lowest BCUT2D eigenvalue weighted by Gasteiger charge is -2.18. The number of aliphatic hydroxyl groups excluding tert-OH is 1. The van der Waals surface area contributed by atoms with Gasteiger partial charge >= 0.3 is 0 Å². The highest BCUT2D eigenvalue weighted by Crippen LogP contribution is 2.21. The van der Waals surface area contributed by atoms with E-state index in [4.69, 9.17) is 0 Å². The fourth-order valence-corrected chi connectivity index (χ4v) is 2.79. The maximum atomic E-state index is 10.3. The maximum absolute atomic E-state index is 10.3. The minimum Gasteiger partial charge on any atom is -0.387 e. The van der Waals surface area contributed by atoms with Gasteiger partial charge in [0, 0.05) is 12.6 Å². The van der Waals surface area contributed by atoms with Crippen molar-refractivity contribution in [2.75, 3.05) is 6.54 Å². The Hall–Kier alpha value is -2.16. The van der Waals surface area contributed by atoms with Gasteiger partial charge in [0.2, 0.25) is 0 Å². The van der Waals surface area contributed by atoms with Crippen LogP contribution >= 0.6 is 0 Å². The first-order valence-electron chi connectivity index (χ1n) is 8.10. The molecule has 3 aromatic carbocycles. The molecule has 0 saturated carbocycles. The van der Waals surface area contributed by atoms with E-state index in [0.29, 0.717) is 6.54 Å². The van der Waals surface area contributed by atoms with Crippen LogP contribution in [0.3, 0.4) is 0 Å². The molecule has 0 fully saturated rings. The minimum atomic E-state index is -0.487. The van der Waals surface area contributed by atoms with Gasteiger partial charge in [0.25, 0.3) is 0 Å². The molecule has 3 rings (SSSR count). The van der Waals surface area contributed by atoms with Gasteiger partial charge in [-0.2, -0.15) is 0 Å². The summed E-state index contributed by atoms with van der Waals surface area (Å²) in [5, 5.41) is 16.2. The van der Waals surface area contributed by atoms with E-state index in [1.165, 1.54) is 21.9 Å². The first-order valence-corrected chi connectivity index (χ1v) is 8.10. The summed E-state index contributed by atoms with van der Waals surface area (Å²) in [4.78, 5) is 0. The van der Waals surface area contributed by atoms with Crippen molar-refractivity contribution in [2.45, 2.75) is 26.0 Å². The van der Waals surface area contributed by atoms with Crippen LogP contribution in [0.4, 0.5) is 0 Å². The summed E-state index contributed by atoms with van der Waals surface area (Å²) in [5.41, 5.74) is 3.40. The summed E-state index contributed by atoms with van der Waals surface area (Å²) in [6.45, 7) is 4.72. The van der Waals surface area contributed by atoms with Crippen molar-refractivity contribution in [3.8, 4) is 0 Å². The van der Waals surface area contributed by atoms with E-state index in [1.807, 2.05) is 24.3 Å². The van der Waals surface area contributed by atoms with Gasteiger partial charge in [-0.25, -0.2) is 0 Å². The quantitative estimate of drug-likeness (QED) is 0.725. The van der Waals surface area contributed by atoms with Crippen molar-refractivity contribution in [1.29, 1.82) is 0 Å². The van der Waals surface area contributed by atoms with Crippen LogP contribution in [0.5, 0.6) is 0 Å². The number of hydrogen-bond acceptors (Lipinski definition) is 2. The van der Waals surface area contributed by atoms with Gasteiger partial charge in [-0.1, -0.05) is 66.2 Å². The molecule has 0 saturated heterocycles. The van der Waals surface area contributed by atoms with Crippen LogP contribution in [0.2, 0.25) is 0 Å². The summed E-state index contributed by atoms with van der Waals surface area (Å²) >= 11 is 0. The summed E-state index contributed by atoms with van der Waals surface area (Å²) < 4.78 is 0. The number of benzene rings is 3. The van der Waals surface area contributed by atoms with Gasteiger partial charge in [0.1, 0.15) is 0 Å². The van der Waals surface area contributed by atoms with Crippen LogP contribution in [0, 0.1) is 6.92 Å². The Bertz CT molecular complexity index is 779. The largest absolute Gasteiger partial charge is 0.387 e. The molecule has 0 bridgehead atoms. The maximum Gasteiger partial charge on any atom is 0.0914 e. The third kappa shape index (κ3) is 3.79. The molecule has 0 heterocycles. The summed E-state index contributed by atoms with van der Waals surface area (Å²) in [7, 11) is 0. The van der Waals surface area contributed by atoms with E-state index in [-0.39, 0.29) is 6.04 Å². The second-order valence-electron chi connectivity index (χ2n) is 6.16. The van der Waals surface area contributed by atoms with Gasteiger partial charge in [-0.15, -0.1) is 0 Å². The zero-order valence-electron chi connectivity index (χ0n) is 13.7. The van der Waals surface area contributed by atoms with E-state index < -0.39 is 6.10 Å². The fourth-order valence-electron chi connectivity index (χ4n) is 2.79. The molecule has 0 spiro atoms. The molecular formula is C21H23NO. The molecule has 118 valence electrons. The van der Waals surface area contributed by atoms with Crippen LogP contribution in [-0.2, 0) is 0 Å². The third-order valence-corrected chi connectivity index (χ3v) is 4.35. The van der Waals surface area contributed by atoms with E-state index >= 15 is 0 Å². The Labute approximate surface area is 137 Å². The van der Waals surface area contributed by atoms with Gasteiger partial charge in [0.15, 0.2) is 0 Å². The van der Waals surface area contributed by atoms with Crippen LogP contribution in [-0.4, -0.2) is 11.7 Å². The van der Waals surface area contributed by atoms with Crippen molar-refractivity contribution < 1.29 is 5.11 Å². The van der Waals surface area contributed by atoms with E-state index in [0.717, 1.165) is 5.56 Å². The first-order chi connectivity index (χ1) is 11.1. The standard InChI is InChI=1S/C21H23NO/c1-15-7-9-18(10-8-15)21(23)14-22-16(2)19-12-11-17-5-3-4-6-20(17)13-19/h3-13,16,21-23H,14H2,1-2H3/t16-,21+/m0/s1. The molecule has 0 aliphatic carbocycles. The minimum absolute atomic E-state index is 0.194. The van der Waals surface area contributed by atoms with Gasteiger partial charge in [-0.05, 0) is 41.8 Å². The number of fused-ring (bicyclic) bond motifs is 1. The predicted molar refractivity (Wildman–Crippen MR) is 96.5 cm³/mol. The van der Waals surface area contributed by atoms with Crippen molar-refractivity contribution in [2.24, 2.45) is 0 Å². The lowest BCUT2D eigenvalue weighted by atomic mass is 10.0. The van der Waals surface area contributed by atoms with Crippen molar-refractivity contribution in [3.63, 3.8) is 0 Å². The molecule has 0 radical (unpaired) electrons. The summed E-state index contributed by atoms with van der Waals surface area (Å²) in [5.74, 6) is 0. The van der Waals surface area contributed by atoms with Crippen LogP contribution in [0.15, 0.2) is 66.7 Å². The van der Waals surface area contributed by atoms with Gasteiger partial charge < -0.3 is 10.4 Å². The van der Waals surface area contributed by atoms with Crippen LogP contribution in [0.1, 0.15) is 35.8 Å². The molecular weight excluding hydrogens is 282 g/mol. The zero-order valence-corrected chi connectivity index (χ0v) is 13.7. The smallest absolute Gasteiger partial charge is 0.0914 e. The Morgan fingerprint density at radius 2 is 1.52 bits per heavy atom. The van der Waals surface area contributed by atoms with Crippen molar-refractivity contribution >= 4 is 10.8 Å². The Kier molecular flexibility index (Phi) is 4.75. The summed E-state index contributed by atoms with van der Waals surface area (Å²) in [6, 6.07) is 23.1. The molecule has 3 aromatic rings. The normalized spacial score (nSPS) is 13.9. The average molecular weight is 305 g/mol. The zero-order chi connectivity index (χ0) is 16.2. The van der Waals surface area contributed by atoms with E-state index in [9.17, 15) is 5.11 Å². The molecule has 2 N–H and O–H groups in total. The number of nitrogens with one attached hydrogen (secondary N) is 1. The number of aliphatic hydroxyl groups is 1. The SMILES string of the molecule is Cc1ccc([C@H](O)CN[C@@H](C)c2ccc3ccccc3c2)cc1. The lowest BCUT2D eigenvalue weighted by Crippen LogP contribution is -2.24. The molecule has 2 atom stereocenters. The second-order valence-corrected chi connectivity index (χ2v) is 6.16. The monoisotopic (exact) mass is 305 g/mol. The highest BCUT2D eigenvalue weighted by atomic mass is 16.3. The lowest BCUT2D eigenvalue weighted by molar-refractivity contribution is 0.171. The van der Waals surface area contributed by atoms with Crippen LogP contribution in [0.25, 0.3) is 10.8 Å². The molecule has 0 aliphatic heterocycles. The Morgan fingerprint density at radius 3 is 2.26 bits per heavy atom. The van der Waals surface area contributed by atoms with Crippen molar-refractivity contribution in [3.05, 3.63) is 83.4 Å². The molecule has 2 nitrogen and oxygen atoms in total. The molecule has 0 aliphatic rings. The Morgan fingerprint density at radius 1 is 0.870 bits per heavy atom. The topological polar surface area (TPSA) is 32.3 Å². The molecule has 0 unspecified atom stereocenters. The van der Waals surface area contributed by atoms with Gasteiger partial charge in [-0.3, -0.25) is 0 Å². The third-order valence-electron chi connectivity index (χ3n) is 4.35. The van der Waals surface area contributed by atoms with Crippen LogP contribution < -0.4 is 5.32 Å². The van der Waals surface area contributed by atoms with Gasteiger partial charge in [0.05, 0.1) is 6.10 Å². The average Bonchev–Trinajstić information content (AvgIpc) is 2.59. The molecule has 2 heteroatoms. The highest BCUT2D eigenvalue weighted by Gasteiger charge is 2.11. The van der Waals surface area contributed by atoms with E-state index in [2.05, 4.69) is 61.6 Å². The predicted octanol–water partition coefficient (Wildman–Crippen LogP) is 4.53.